The molecule has 21 heavy (non-hydrogen) atoms. The van der Waals surface area contributed by atoms with Crippen LogP contribution in [0.15, 0.2) is 29.2 Å². The standard InChI is InChI=1S/C16H24N2O2S/c1-14(2)8-5-3-4-6-11-18-21(19,20)16-10-7-9-15(12-16)13-17/h7,9-10,12,14,18H,3-6,8,11H2,1-2H3. The van der Waals surface area contributed by atoms with Gasteiger partial charge in [0.05, 0.1) is 16.5 Å². The Bertz CT molecular complexity index is 574. The lowest BCUT2D eigenvalue weighted by atomic mass is 10.0. The molecule has 1 N–H and O–H groups in total. The second kappa shape index (κ2) is 8.81. The predicted molar refractivity (Wildman–Crippen MR) is 84.3 cm³/mol. The highest BCUT2D eigenvalue weighted by atomic mass is 32.2. The van der Waals surface area contributed by atoms with Crippen molar-refractivity contribution >= 4 is 10.0 Å². The quantitative estimate of drug-likeness (QED) is 0.710. The summed E-state index contributed by atoms with van der Waals surface area (Å²) < 4.78 is 26.7. The first-order valence-electron chi connectivity index (χ1n) is 7.45. The maximum atomic E-state index is 12.1. The lowest BCUT2D eigenvalue weighted by molar-refractivity contribution is 0.517. The van der Waals surface area contributed by atoms with Gasteiger partial charge in [0.25, 0.3) is 0 Å². The topological polar surface area (TPSA) is 70.0 Å². The Balaban J connectivity index is 2.35. The van der Waals surface area contributed by atoms with Crippen LogP contribution in [0.25, 0.3) is 0 Å². The molecule has 4 nitrogen and oxygen atoms in total. The molecule has 0 heterocycles. The fourth-order valence-electron chi connectivity index (χ4n) is 2.05. The number of hydrogen-bond acceptors (Lipinski definition) is 3. The molecular formula is C16H24N2O2S. The number of benzene rings is 1. The molecule has 0 atom stereocenters. The van der Waals surface area contributed by atoms with E-state index in [9.17, 15) is 8.42 Å². The molecule has 0 saturated heterocycles. The van der Waals surface area contributed by atoms with E-state index in [1.807, 2.05) is 6.07 Å². The molecule has 0 unspecified atom stereocenters. The van der Waals surface area contributed by atoms with E-state index in [4.69, 9.17) is 5.26 Å². The zero-order valence-electron chi connectivity index (χ0n) is 12.8. The fourth-order valence-corrected chi connectivity index (χ4v) is 3.17. The molecule has 0 aliphatic rings. The molecule has 0 fully saturated rings. The zero-order chi connectivity index (χ0) is 15.7. The third-order valence-electron chi connectivity index (χ3n) is 3.27. The third-order valence-corrected chi connectivity index (χ3v) is 4.73. The Labute approximate surface area is 128 Å². The molecule has 0 bridgehead atoms. The Hall–Kier alpha value is -1.38. The van der Waals surface area contributed by atoms with Gasteiger partial charge in [0.15, 0.2) is 0 Å². The van der Waals surface area contributed by atoms with Gasteiger partial charge in [-0.1, -0.05) is 45.6 Å². The number of nitrogens with one attached hydrogen (secondary N) is 1. The van der Waals surface area contributed by atoms with Crippen molar-refractivity contribution in [2.45, 2.75) is 50.8 Å². The molecule has 0 amide bonds. The molecule has 0 aliphatic heterocycles. The van der Waals surface area contributed by atoms with E-state index >= 15 is 0 Å². The van der Waals surface area contributed by atoms with Crippen molar-refractivity contribution in [1.29, 1.82) is 5.26 Å². The summed E-state index contributed by atoms with van der Waals surface area (Å²) in [5, 5.41) is 8.80. The van der Waals surface area contributed by atoms with Crippen molar-refractivity contribution in [3.05, 3.63) is 29.8 Å². The normalized spacial score (nSPS) is 11.5. The first kappa shape index (κ1) is 17.7. The van der Waals surface area contributed by atoms with Gasteiger partial charge in [-0.25, -0.2) is 13.1 Å². The molecule has 0 saturated carbocycles. The minimum absolute atomic E-state index is 0.154. The molecule has 0 aromatic heterocycles. The number of sulfonamides is 1. The molecule has 1 rings (SSSR count). The number of hydrogen-bond donors (Lipinski definition) is 1. The van der Waals surface area contributed by atoms with Gasteiger partial charge in [-0.2, -0.15) is 5.26 Å². The summed E-state index contributed by atoms with van der Waals surface area (Å²) in [6.07, 6.45) is 5.45. The zero-order valence-corrected chi connectivity index (χ0v) is 13.6. The van der Waals surface area contributed by atoms with E-state index in [0.717, 1.165) is 25.2 Å². The van der Waals surface area contributed by atoms with Gasteiger partial charge in [-0.15, -0.1) is 0 Å². The minimum atomic E-state index is -3.50. The smallest absolute Gasteiger partial charge is 0.211 e. The van der Waals surface area contributed by atoms with Crippen LogP contribution in [0.5, 0.6) is 0 Å². The van der Waals surface area contributed by atoms with E-state index in [1.54, 1.807) is 12.1 Å². The van der Waals surface area contributed by atoms with Gasteiger partial charge < -0.3 is 0 Å². The fraction of sp³-hybridized carbons (Fsp3) is 0.562. The van der Waals surface area contributed by atoms with Crippen LogP contribution in [-0.2, 0) is 10.0 Å². The van der Waals surface area contributed by atoms with E-state index in [1.165, 1.54) is 25.0 Å². The maximum Gasteiger partial charge on any atom is 0.240 e. The maximum absolute atomic E-state index is 12.1. The second-order valence-electron chi connectivity index (χ2n) is 5.63. The van der Waals surface area contributed by atoms with Crippen molar-refractivity contribution in [3.8, 4) is 6.07 Å². The number of unbranched alkanes of at least 4 members (excludes halogenated alkanes) is 3. The average molecular weight is 308 g/mol. The monoisotopic (exact) mass is 308 g/mol. The number of nitrogens with zero attached hydrogens (tertiary/aromatic N) is 1. The van der Waals surface area contributed by atoms with E-state index in [2.05, 4.69) is 18.6 Å². The molecule has 1 aromatic carbocycles. The Morgan fingerprint density at radius 3 is 2.57 bits per heavy atom. The molecule has 5 heteroatoms. The van der Waals surface area contributed by atoms with Crippen LogP contribution in [0.2, 0.25) is 0 Å². The lowest BCUT2D eigenvalue weighted by Crippen LogP contribution is -2.24. The van der Waals surface area contributed by atoms with Crippen LogP contribution in [0, 0.1) is 17.2 Å². The SMILES string of the molecule is CC(C)CCCCCCNS(=O)(=O)c1cccc(C#N)c1. The summed E-state index contributed by atoms with van der Waals surface area (Å²) in [4.78, 5) is 0.154. The van der Waals surface area contributed by atoms with Crippen LogP contribution >= 0.6 is 0 Å². The predicted octanol–water partition coefficient (Wildman–Crippen LogP) is 3.44. The highest BCUT2D eigenvalue weighted by Gasteiger charge is 2.13. The highest BCUT2D eigenvalue weighted by Crippen LogP contribution is 2.12. The van der Waals surface area contributed by atoms with Crippen molar-refractivity contribution in [1.82, 2.24) is 4.72 Å². The van der Waals surface area contributed by atoms with Crippen molar-refractivity contribution in [3.63, 3.8) is 0 Å². The van der Waals surface area contributed by atoms with Crippen LogP contribution < -0.4 is 4.72 Å². The minimum Gasteiger partial charge on any atom is -0.211 e. The summed E-state index contributed by atoms with van der Waals surface area (Å²) >= 11 is 0. The van der Waals surface area contributed by atoms with Crippen molar-refractivity contribution in [2.24, 2.45) is 5.92 Å². The van der Waals surface area contributed by atoms with E-state index < -0.39 is 10.0 Å². The summed E-state index contributed by atoms with van der Waals surface area (Å²) in [5.74, 6) is 0.732. The number of rotatable bonds is 9. The van der Waals surface area contributed by atoms with E-state index in [0.29, 0.717) is 12.1 Å². The summed E-state index contributed by atoms with van der Waals surface area (Å²) in [6.45, 7) is 4.87. The van der Waals surface area contributed by atoms with Gasteiger partial charge in [0.1, 0.15) is 0 Å². The van der Waals surface area contributed by atoms with Gasteiger partial charge >= 0.3 is 0 Å². The largest absolute Gasteiger partial charge is 0.240 e. The van der Waals surface area contributed by atoms with Crippen molar-refractivity contribution < 1.29 is 8.42 Å². The van der Waals surface area contributed by atoms with Crippen LogP contribution in [-0.4, -0.2) is 15.0 Å². The van der Waals surface area contributed by atoms with Gasteiger partial charge in [0.2, 0.25) is 10.0 Å². The Morgan fingerprint density at radius 2 is 1.90 bits per heavy atom. The molecule has 1 aromatic rings. The molecule has 116 valence electrons. The summed E-state index contributed by atoms with van der Waals surface area (Å²) in [5.41, 5.74) is 0.353. The Kier molecular flexibility index (Phi) is 7.41. The van der Waals surface area contributed by atoms with E-state index in [-0.39, 0.29) is 4.90 Å². The molecule has 0 spiro atoms. The molecule has 0 aliphatic carbocycles. The van der Waals surface area contributed by atoms with Gasteiger partial charge in [-0.3, -0.25) is 0 Å². The highest BCUT2D eigenvalue weighted by molar-refractivity contribution is 7.89. The van der Waals surface area contributed by atoms with Gasteiger partial charge in [0, 0.05) is 6.54 Å². The second-order valence-corrected chi connectivity index (χ2v) is 7.40. The molecular weight excluding hydrogens is 284 g/mol. The third kappa shape index (κ3) is 6.74. The van der Waals surface area contributed by atoms with Crippen LogP contribution in [0.3, 0.4) is 0 Å². The average Bonchev–Trinajstić information content (AvgIpc) is 2.46. The van der Waals surface area contributed by atoms with Crippen molar-refractivity contribution in [2.75, 3.05) is 6.54 Å². The molecule has 0 radical (unpaired) electrons. The van der Waals surface area contributed by atoms with Gasteiger partial charge in [-0.05, 0) is 30.5 Å². The first-order chi connectivity index (χ1) is 9.95. The van der Waals surface area contributed by atoms with Crippen LogP contribution in [0.1, 0.15) is 51.5 Å². The lowest BCUT2D eigenvalue weighted by Gasteiger charge is -2.07. The summed E-state index contributed by atoms with van der Waals surface area (Å²) in [7, 11) is -3.50. The number of nitriles is 1. The first-order valence-corrected chi connectivity index (χ1v) is 8.94. The van der Waals surface area contributed by atoms with Crippen LogP contribution in [0.4, 0.5) is 0 Å². The Morgan fingerprint density at radius 1 is 1.19 bits per heavy atom. The summed E-state index contributed by atoms with van der Waals surface area (Å²) in [6, 6.07) is 8.02.